The van der Waals surface area contributed by atoms with Crippen molar-refractivity contribution in [3.05, 3.63) is 12.4 Å². The van der Waals surface area contributed by atoms with E-state index in [1.165, 1.54) is 17.7 Å². The highest BCUT2D eigenvalue weighted by Gasteiger charge is 2.55. The van der Waals surface area contributed by atoms with Gasteiger partial charge in [0.15, 0.2) is 6.04 Å². The van der Waals surface area contributed by atoms with Crippen LogP contribution in [0.2, 0.25) is 0 Å². The van der Waals surface area contributed by atoms with E-state index in [-0.39, 0.29) is 32.3 Å². The van der Waals surface area contributed by atoms with Crippen molar-refractivity contribution in [2.75, 3.05) is 39.3 Å². The molecule has 3 aliphatic rings. The predicted molar refractivity (Wildman–Crippen MR) is 114 cm³/mol. The van der Waals surface area contributed by atoms with Crippen molar-refractivity contribution < 1.29 is 29.0 Å². The lowest BCUT2D eigenvalue weighted by Gasteiger charge is -2.46. The average molecular weight is 452 g/mol. The molecular weight excluding hydrogens is 418 g/mol. The number of β-lactam (4-membered cyclic amide) rings is 1. The number of carboxylic acid groups (broad SMARTS) is 1. The van der Waals surface area contributed by atoms with Gasteiger partial charge in [-0.3, -0.25) is 4.79 Å². The van der Waals surface area contributed by atoms with Gasteiger partial charge in [-0.25, -0.2) is 19.3 Å². The quantitative estimate of drug-likeness (QED) is 0.362. The number of rotatable bonds is 8. The van der Waals surface area contributed by atoms with Crippen LogP contribution >= 0.6 is 0 Å². The number of nitrogens with zero attached hydrogens (tertiary/aromatic N) is 3. The van der Waals surface area contributed by atoms with Crippen molar-refractivity contribution >= 4 is 24.0 Å². The van der Waals surface area contributed by atoms with E-state index in [1.807, 2.05) is 0 Å². The number of amides is 4. The summed E-state index contributed by atoms with van der Waals surface area (Å²) in [4.78, 5) is 53.2. The van der Waals surface area contributed by atoms with Crippen molar-refractivity contribution in [1.29, 1.82) is 0 Å². The van der Waals surface area contributed by atoms with E-state index >= 15 is 0 Å². The van der Waals surface area contributed by atoms with Crippen molar-refractivity contribution in [3.63, 3.8) is 0 Å². The van der Waals surface area contributed by atoms with Crippen LogP contribution < -0.4 is 11.1 Å². The van der Waals surface area contributed by atoms with Crippen molar-refractivity contribution in [1.82, 2.24) is 20.0 Å². The van der Waals surface area contributed by atoms with Gasteiger partial charge in [0.25, 0.3) is 0 Å². The maximum atomic E-state index is 12.8. The molecule has 32 heavy (non-hydrogen) atoms. The lowest BCUT2D eigenvalue weighted by Crippen LogP contribution is -2.69. The fraction of sp³-hybridized carbons (Fsp3) is 0.714. The van der Waals surface area contributed by atoms with Gasteiger partial charge in [-0.2, -0.15) is 0 Å². The minimum Gasteiger partial charge on any atom is -0.480 e. The van der Waals surface area contributed by atoms with Crippen LogP contribution in [-0.2, 0) is 14.3 Å². The second kappa shape index (κ2) is 10.6. The number of ether oxygens (including phenoxy) is 1. The van der Waals surface area contributed by atoms with Crippen LogP contribution in [0.15, 0.2) is 12.4 Å². The molecule has 2 unspecified atom stereocenters. The molecule has 2 saturated heterocycles. The zero-order valence-corrected chi connectivity index (χ0v) is 18.3. The first-order valence-corrected chi connectivity index (χ1v) is 11.2. The van der Waals surface area contributed by atoms with Crippen LogP contribution in [0.25, 0.3) is 0 Å². The normalized spacial score (nSPS) is 23.6. The van der Waals surface area contributed by atoms with E-state index < -0.39 is 29.9 Å². The number of carbonyl (C=O) groups excluding carboxylic acids is 3. The second-order valence-electron chi connectivity index (χ2n) is 8.68. The van der Waals surface area contributed by atoms with Gasteiger partial charge >= 0.3 is 18.1 Å². The minimum absolute atomic E-state index is 0.223. The third-order valence-electron chi connectivity index (χ3n) is 6.44. The van der Waals surface area contributed by atoms with Crippen LogP contribution in [0.3, 0.4) is 0 Å². The van der Waals surface area contributed by atoms with Gasteiger partial charge in [0.2, 0.25) is 5.91 Å². The largest absolute Gasteiger partial charge is 0.480 e. The van der Waals surface area contributed by atoms with Crippen LogP contribution in [0.5, 0.6) is 0 Å². The molecular formula is C21H33N5O6. The second-order valence-corrected chi connectivity index (χ2v) is 8.68. The molecule has 2 atom stereocenters. The Morgan fingerprint density at radius 3 is 2.34 bits per heavy atom. The maximum absolute atomic E-state index is 12.8. The van der Waals surface area contributed by atoms with E-state index in [0.29, 0.717) is 37.7 Å². The Morgan fingerprint density at radius 1 is 1.12 bits per heavy atom. The third-order valence-corrected chi connectivity index (χ3v) is 6.44. The lowest BCUT2D eigenvalue weighted by molar-refractivity contribution is -0.167. The molecule has 0 aromatic carbocycles. The Hall–Kier alpha value is -2.98. The summed E-state index contributed by atoms with van der Waals surface area (Å²) in [6.07, 6.45) is 5.00. The monoisotopic (exact) mass is 451 g/mol. The molecule has 0 aromatic rings. The van der Waals surface area contributed by atoms with E-state index in [0.717, 1.165) is 17.7 Å². The van der Waals surface area contributed by atoms with Gasteiger partial charge in [0.05, 0.1) is 18.3 Å². The predicted octanol–water partition coefficient (Wildman–Crippen LogP) is 0.762. The fourth-order valence-electron chi connectivity index (χ4n) is 4.59. The Kier molecular flexibility index (Phi) is 7.81. The number of hydrogen-bond acceptors (Lipinski definition) is 7. The SMILES string of the molecule is C=C(N)NCCCC1C(=O)N(C(=O)N2CCN(C(=O)OCC3CCCC3)CC2)C1C(=O)O. The first-order valence-electron chi connectivity index (χ1n) is 11.2. The van der Waals surface area contributed by atoms with Crippen molar-refractivity contribution in [2.24, 2.45) is 17.6 Å². The van der Waals surface area contributed by atoms with Gasteiger partial charge in [0, 0.05) is 32.7 Å². The maximum Gasteiger partial charge on any atom is 0.409 e. The summed E-state index contributed by atoms with van der Waals surface area (Å²) in [5.41, 5.74) is 5.42. The summed E-state index contributed by atoms with van der Waals surface area (Å²) in [5, 5.41) is 12.4. The topological polar surface area (TPSA) is 146 Å². The number of nitrogens with one attached hydrogen (secondary N) is 1. The fourth-order valence-corrected chi connectivity index (χ4v) is 4.59. The van der Waals surface area contributed by atoms with Gasteiger partial charge in [-0.05, 0) is 31.6 Å². The molecule has 1 aliphatic carbocycles. The molecule has 0 aromatic heterocycles. The van der Waals surface area contributed by atoms with E-state index in [2.05, 4.69) is 11.9 Å². The number of likely N-dealkylation sites (tertiary alicyclic amines) is 1. The highest BCUT2D eigenvalue weighted by Crippen LogP contribution is 2.32. The average Bonchev–Trinajstić information content (AvgIpc) is 3.28. The molecule has 0 radical (unpaired) electrons. The molecule has 11 nitrogen and oxygen atoms in total. The highest BCUT2D eigenvalue weighted by molar-refractivity contribution is 6.07. The molecule has 2 heterocycles. The molecule has 4 amide bonds. The van der Waals surface area contributed by atoms with Crippen LogP contribution in [-0.4, -0.2) is 89.2 Å². The van der Waals surface area contributed by atoms with Gasteiger partial charge in [-0.15, -0.1) is 0 Å². The number of carbonyl (C=O) groups is 4. The van der Waals surface area contributed by atoms with Gasteiger partial charge < -0.3 is 30.7 Å². The van der Waals surface area contributed by atoms with Crippen LogP contribution in [0, 0.1) is 11.8 Å². The Balaban J connectivity index is 1.46. The lowest BCUT2D eigenvalue weighted by atomic mass is 9.83. The molecule has 0 bridgehead atoms. The summed E-state index contributed by atoms with van der Waals surface area (Å²) in [6.45, 7) is 5.42. The van der Waals surface area contributed by atoms with Gasteiger partial charge in [-0.1, -0.05) is 19.4 Å². The van der Waals surface area contributed by atoms with E-state index in [1.54, 1.807) is 4.90 Å². The summed E-state index contributed by atoms with van der Waals surface area (Å²) in [6, 6.07) is -1.79. The first kappa shape index (κ1) is 23.7. The molecule has 1 saturated carbocycles. The number of piperazine rings is 1. The zero-order chi connectivity index (χ0) is 23.3. The number of aliphatic carboxylic acids is 1. The van der Waals surface area contributed by atoms with Crippen molar-refractivity contribution in [2.45, 2.75) is 44.6 Å². The minimum atomic E-state index is -1.20. The van der Waals surface area contributed by atoms with E-state index in [9.17, 15) is 24.3 Å². The Morgan fingerprint density at radius 2 is 1.75 bits per heavy atom. The molecule has 178 valence electrons. The number of imide groups is 1. The van der Waals surface area contributed by atoms with Crippen LogP contribution in [0.4, 0.5) is 9.59 Å². The number of urea groups is 1. The molecule has 2 aliphatic heterocycles. The Labute approximate surface area is 187 Å². The summed E-state index contributed by atoms with van der Waals surface area (Å²) in [7, 11) is 0. The summed E-state index contributed by atoms with van der Waals surface area (Å²) >= 11 is 0. The molecule has 4 N–H and O–H groups in total. The zero-order valence-electron chi connectivity index (χ0n) is 18.3. The first-order chi connectivity index (χ1) is 15.3. The smallest absolute Gasteiger partial charge is 0.409 e. The highest BCUT2D eigenvalue weighted by atomic mass is 16.6. The van der Waals surface area contributed by atoms with Crippen molar-refractivity contribution in [3.8, 4) is 0 Å². The van der Waals surface area contributed by atoms with Gasteiger partial charge in [0.1, 0.15) is 0 Å². The Bertz CT molecular complexity index is 745. The number of nitrogens with two attached hydrogens (primary N) is 1. The standard InChI is InChI=1S/C21H33N5O6/c1-14(22)23-8-4-7-16-17(19(28)29)26(18(16)27)20(30)24-9-11-25(12-10-24)21(31)32-13-15-5-2-3-6-15/h15-17,23H,1-13,22H2,(H,28,29). The molecule has 3 rings (SSSR count). The number of carboxylic acids is 1. The van der Waals surface area contributed by atoms with E-state index in [4.69, 9.17) is 10.5 Å². The molecule has 11 heteroatoms. The third kappa shape index (κ3) is 5.43. The van der Waals surface area contributed by atoms with Crippen LogP contribution in [0.1, 0.15) is 38.5 Å². The molecule has 3 fully saturated rings. The summed E-state index contributed by atoms with van der Waals surface area (Å²) < 4.78 is 5.40. The summed E-state index contributed by atoms with van der Waals surface area (Å²) in [5.74, 6) is -1.68. The number of hydrogen-bond donors (Lipinski definition) is 3. The molecule has 0 spiro atoms.